The van der Waals surface area contributed by atoms with Gasteiger partial charge < -0.3 is 10.3 Å². The zero-order valence-corrected chi connectivity index (χ0v) is 13.6. The van der Waals surface area contributed by atoms with E-state index in [4.69, 9.17) is 0 Å². The molecule has 23 heavy (non-hydrogen) atoms. The second-order valence-electron chi connectivity index (χ2n) is 6.18. The second kappa shape index (κ2) is 6.69. The first-order valence-corrected chi connectivity index (χ1v) is 8.07. The Kier molecular flexibility index (Phi) is 4.47. The molecule has 1 aromatic heterocycles. The number of aromatic amines is 1. The molecule has 3 aromatic rings. The molecule has 0 unspecified atom stereocenters. The molecule has 0 radical (unpaired) electrons. The van der Waals surface area contributed by atoms with Gasteiger partial charge in [-0.3, -0.25) is 4.79 Å². The summed E-state index contributed by atoms with van der Waals surface area (Å²) in [6.45, 7) is 4.93. The number of hydrogen-bond acceptors (Lipinski definition) is 1. The van der Waals surface area contributed by atoms with Gasteiger partial charge >= 0.3 is 0 Å². The van der Waals surface area contributed by atoms with E-state index >= 15 is 0 Å². The number of aromatic nitrogens is 1. The summed E-state index contributed by atoms with van der Waals surface area (Å²) in [5, 5.41) is 4.20. The van der Waals surface area contributed by atoms with Crippen LogP contribution in [-0.2, 0) is 6.42 Å². The fraction of sp³-hybridized carbons (Fsp3) is 0.250. The monoisotopic (exact) mass is 306 g/mol. The third-order valence-corrected chi connectivity index (χ3v) is 4.16. The molecule has 0 atom stereocenters. The minimum atomic E-state index is -0.0127. The lowest BCUT2D eigenvalue weighted by molar-refractivity contribution is 0.0954. The van der Waals surface area contributed by atoms with Crippen LogP contribution in [0.25, 0.3) is 10.9 Å². The van der Waals surface area contributed by atoms with E-state index in [-0.39, 0.29) is 5.91 Å². The number of hydrogen-bond donors (Lipinski definition) is 2. The molecule has 0 saturated carbocycles. The van der Waals surface area contributed by atoms with Crippen molar-refractivity contribution in [1.82, 2.24) is 10.3 Å². The van der Waals surface area contributed by atoms with Crippen LogP contribution < -0.4 is 5.32 Å². The lowest BCUT2D eigenvalue weighted by Gasteiger charge is -2.08. The first kappa shape index (κ1) is 15.3. The van der Waals surface area contributed by atoms with Crippen LogP contribution in [0.2, 0.25) is 0 Å². The average molecular weight is 306 g/mol. The van der Waals surface area contributed by atoms with Gasteiger partial charge in [0.05, 0.1) is 0 Å². The number of H-pyrrole nitrogens is 1. The smallest absolute Gasteiger partial charge is 0.251 e. The number of rotatable bonds is 5. The van der Waals surface area contributed by atoms with Gasteiger partial charge in [-0.1, -0.05) is 38.1 Å². The summed E-state index contributed by atoms with van der Waals surface area (Å²) in [4.78, 5) is 15.4. The van der Waals surface area contributed by atoms with Gasteiger partial charge in [0.1, 0.15) is 0 Å². The van der Waals surface area contributed by atoms with Gasteiger partial charge in [-0.2, -0.15) is 0 Å². The van der Waals surface area contributed by atoms with E-state index in [9.17, 15) is 4.79 Å². The molecule has 0 aliphatic rings. The van der Waals surface area contributed by atoms with Crippen LogP contribution in [0.4, 0.5) is 0 Å². The second-order valence-corrected chi connectivity index (χ2v) is 6.18. The molecular formula is C20H22N2O. The van der Waals surface area contributed by atoms with Crippen molar-refractivity contribution >= 4 is 16.8 Å². The standard InChI is InChI=1S/C20H22N2O/c1-14(2)16-5-7-18(8-6-16)20(23)22-11-9-15-3-4-17-10-12-21-19(17)13-15/h3-8,10,12-14,21H,9,11H2,1-2H3,(H,22,23). The molecule has 2 N–H and O–H groups in total. The van der Waals surface area contributed by atoms with E-state index in [1.54, 1.807) is 0 Å². The highest BCUT2D eigenvalue weighted by Gasteiger charge is 2.06. The van der Waals surface area contributed by atoms with Crippen molar-refractivity contribution in [3.05, 3.63) is 71.4 Å². The third kappa shape index (κ3) is 3.62. The van der Waals surface area contributed by atoms with Crippen molar-refractivity contribution in [3.8, 4) is 0 Å². The summed E-state index contributed by atoms with van der Waals surface area (Å²) < 4.78 is 0. The molecule has 118 valence electrons. The molecule has 0 spiro atoms. The Morgan fingerprint density at radius 2 is 1.87 bits per heavy atom. The fourth-order valence-corrected chi connectivity index (χ4v) is 2.69. The minimum Gasteiger partial charge on any atom is -0.361 e. The van der Waals surface area contributed by atoms with Gasteiger partial charge in [-0.25, -0.2) is 0 Å². The molecular weight excluding hydrogens is 284 g/mol. The number of carbonyl (C=O) groups excluding carboxylic acids is 1. The molecule has 2 aromatic carbocycles. The molecule has 3 heteroatoms. The topological polar surface area (TPSA) is 44.9 Å². The highest BCUT2D eigenvalue weighted by Crippen LogP contribution is 2.15. The summed E-state index contributed by atoms with van der Waals surface area (Å²) in [5.74, 6) is 0.469. The largest absolute Gasteiger partial charge is 0.361 e. The van der Waals surface area contributed by atoms with E-state index in [1.807, 2.05) is 30.5 Å². The summed E-state index contributed by atoms with van der Waals surface area (Å²) in [6.07, 6.45) is 2.77. The molecule has 0 fully saturated rings. The maximum Gasteiger partial charge on any atom is 0.251 e. The molecule has 0 bridgehead atoms. The van der Waals surface area contributed by atoms with E-state index in [2.05, 4.69) is 48.4 Å². The van der Waals surface area contributed by atoms with Gasteiger partial charge in [0.25, 0.3) is 5.91 Å². The van der Waals surface area contributed by atoms with Gasteiger partial charge in [0.2, 0.25) is 0 Å². The Labute approximate surface area is 136 Å². The number of benzene rings is 2. The van der Waals surface area contributed by atoms with Crippen LogP contribution in [-0.4, -0.2) is 17.4 Å². The fourth-order valence-electron chi connectivity index (χ4n) is 2.69. The number of fused-ring (bicyclic) bond motifs is 1. The van der Waals surface area contributed by atoms with Crippen LogP contribution in [0.3, 0.4) is 0 Å². The highest BCUT2D eigenvalue weighted by molar-refractivity contribution is 5.94. The first-order chi connectivity index (χ1) is 11.1. The average Bonchev–Trinajstić information content (AvgIpc) is 3.02. The van der Waals surface area contributed by atoms with Crippen LogP contribution >= 0.6 is 0 Å². The summed E-state index contributed by atoms with van der Waals surface area (Å²) in [5.41, 5.74) is 4.32. The predicted octanol–water partition coefficient (Wildman–Crippen LogP) is 4.26. The van der Waals surface area contributed by atoms with Crippen LogP contribution in [0.15, 0.2) is 54.7 Å². The van der Waals surface area contributed by atoms with Crippen LogP contribution in [0, 0.1) is 0 Å². The van der Waals surface area contributed by atoms with Crippen molar-refractivity contribution in [2.75, 3.05) is 6.54 Å². The van der Waals surface area contributed by atoms with Crippen molar-refractivity contribution < 1.29 is 4.79 Å². The van der Waals surface area contributed by atoms with E-state index < -0.39 is 0 Å². The Bertz CT molecular complexity index is 800. The van der Waals surface area contributed by atoms with Gasteiger partial charge in [0, 0.05) is 23.8 Å². The summed E-state index contributed by atoms with van der Waals surface area (Å²) >= 11 is 0. The van der Waals surface area contributed by atoms with Crippen LogP contribution in [0.5, 0.6) is 0 Å². The maximum absolute atomic E-state index is 12.2. The lowest BCUT2D eigenvalue weighted by Crippen LogP contribution is -2.25. The zero-order chi connectivity index (χ0) is 16.2. The van der Waals surface area contributed by atoms with Crippen molar-refractivity contribution in [2.24, 2.45) is 0 Å². The number of nitrogens with one attached hydrogen (secondary N) is 2. The lowest BCUT2D eigenvalue weighted by atomic mass is 10.0. The molecule has 3 nitrogen and oxygen atoms in total. The summed E-state index contributed by atoms with van der Waals surface area (Å²) in [7, 11) is 0. The molecule has 0 aliphatic carbocycles. The van der Waals surface area contributed by atoms with E-state index in [0.29, 0.717) is 18.0 Å². The first-order valence-electron chi connectivity index (χ1n) is 8.07. The number of amides is 1. The van der Waals surface area contributed by atoms with Crippen molar-refractivity contribution in [3.63, 3.8) is 0 Å². The quantitative estimate of drug-likeness (QED) is 0.726. The van der Waals surface area contributed by atoms with Gasteiger partial charge in [-0.15, -0.1) is 0 Å². The van der Waals surface area contributed by atoms with Gasteiger partial charge in [-0.05, 0) is 53.1 Å². The third-order valence-electron chi connectivity index (χ3n) is 4.16. The van der Waals surface area contributed by atoms with E-state index in [1.165, 1.54) is 16.5 Å². The Hall–Kier alpha value is -2.55. The van der Waals surface area contributed by atoms with Crippen molar-refractivity contribution in [1.29, 1.82) is 0 Å². The zero-order valence-electron chi connectivity index (χ0n) is 13.6. The molecule has 0 aliphatic heterocycles. The number of carbonyl (C=O) groups is 1. The van der Waals surface area contributed by atoms with E-state index in [0.717, 1.165) is 11.9 Å². The van der Waals surface area contributed by atoms with Crippen molar-refractivity contribution in [2.45, 2.75) is 26.2 Å². The molecule has 1 amide bonds. The van der Waals surface area contributed by atoms with Crippen LogP contribution in [0.1, 0.15) is 41.3 Å². The Balaban J connectivity index is 1.56. The molecule has 0 saturated heterocycles. The normalized spacial score (nSPS) is 11.1. The SMILES string of the molecule is CC(C)c1ccc(C(=O)NCCc2ccc3cc[nH]c3c2)cc1. The Morgan fingerprint density at radius 1 is 1.09 bits per heavy atom. The summed E-state index contributed by atoms with van der Waals surface area (Å²) in [6, 6.07) is 16.3. The minimum absolute atomic E-state index is 0.0127. The Morgan fingerprint density at radius 3 is 2.61 bits per heavy atom. The molecule has 1 heterocycles. The van der Waals surface area contributed by atoms with Gasteiger partial charge in [0.15, 0.2) is 0 Å². The highest BCUT2D eigenvalue weighted by atomic mass is 16.1. The predicted molar refractivity (Wildman–Crippen MR) is 94.9 cm³/mol. The maximum atomic E-state index is 12.2. The molecule has 3 rings (SSSR count).